The van der Waals surface area contributed by atoms with Crippen LogP contribution < -0.4 is 5.32 Å². The number of hydrogen-bond donors (Lipinski definition) is 1. The maximum atomic E-state index is 6.18. The molecule has 0 aromatic heterocycles. The van der Waals surface area contributed by atoms with Crippen molar-refractivity contribution in [3.63, 3.8) is 0 Å². The zero-order valence-electron chi connectivity index (χ0n) is 9.47. The molecule has 0 heterocycles. The fraction of sp³-hybridized carbons (Fsp3) is 0.538. The Kier molecular flexibility index (Phi) is 4.12. The van der Waals surface area contributed by atoms with E-state index in [0.717, 1.165) is 29.1 Å². The molecule has 0 aliphatic heterocycles. The predicted octanol–water partition coefficient (Wildman–Crippen LogP) is 4.10. The van der Waals surface area contributed by atoms with Gasteiger partial charge in [0.05, 0.1) is 0 Å². The van der Waals surface area contributed by atoms with Gasteiger partial charge in [0, 0.05) is 10.0 Å². The molecule has 0 saturated heterocycles. The minimum atomic E-state index is 0.607. The molecule has 1 nitrogen and oxygen atoms in total. The van der Waals surface area contributed by atoms with Crippen LogP contribution >= 0.6 is 23.2 Å². The quantitative estimate of drug-likeness (QED) is 0.784. The van der Waals surface area contributed by atoms with Gasteiger partial charge in [0.15, 0.2) is 0 Å². The topological polar surface area (TPSA) is 12.0 Å². The van der Waals surface area contributed by atoms with Gasteiger partial charge < -0.3 is 5.32 Å². The number of rotatable bonds is 5. The van der Waals surface area contributed by atoms with E-state index >= 15 is 0 Å². The van der Waals surface area contributed by atoms with Gasteiger partial charge in [-0.05, 0) is 61.5 Å². The van der Waals surface area contributed by atoms with Crippen molar-refractivity contribution in [2.75, 3.05) is 13.1 Å². The molecule has 2 unspecified atom stereocenters. The van der Waals surface area contributed by atoms with Crippen LogP contribution in [0.25, 0.3) is 0 Å². The van der Waals surface area contributed by atoms with Crippen LogP contribution in [0.15, 0.2) is 18.2 Å². The molecule has 0 bridgehead atoms. The van der Waals surface area contributed by atoms with E-state index in [9.17, 15) is 0 Å². The van der Waals surface area contributed by atoms with Gasteiger partial charge in [-0.15, -0.1) is 0 Å². The Bertz CT molecular complexity index is 365. The summed E-state index contributed by atoms with van der Waals surface area (Å²) < 4.78 is 0. The zero-order chi connectivity index (χ0) is 11.5. The molecule has 16 heavy (non-hydrogen) atoms. The average molecular weight is 258 g/mol. The number of benzene rings is 1. The molecule has 1 saturated carbocycles. The minimum absolute atomic E-state index is 0.607. The molecule has 0 spiro atoms. The van der Waals surface area contributed by atoms with Gasteiger partial charge in [-0.25, -0.2) is 0 Å². The molecule has 1 aromatic carbocycles. The Morgan fingerprint density at radius 3 is 2.94 bits per heavy atom. The Balaban J connectivity index is 1.92. The van der Waals surface area contributed by atoms with Crippen LogP contribution in [-0.4, -0.2) is 13.1 Å². The lowest BCUT2D eigenvalue weighted by atomic mass is 10.1. The molecular formula is C13H17Cl2N. The van der Waals surface area contributed by atoms with Gasteiger partial charge in [-0.1, -0.05) is 30.1 Å². The van der Waals surface area contributed by atoms with Gasteiger partial charge in [0.25, 0.3) is 0 Å². The maximum absolute atomic E-state index is 6.18. The predicted molar refractivity (Wildman–Crippen MR) is 70.5 cm³/mol. The first-order valence-corrected chi connectivity index (χ1v) is 6.63. The van der Waals surface area contributed by atoms with Crippen LogP contribution in [0.3, 0.4) is 0 Å². The summed E-state index contributed by atoms with van der Waals surface area (Å²) in [6.07, 6.45) is 2.42. The first-order chi connectivity index (χ1) is 7.72. The summed E-state index contributed by atoms with van der Waals surface area (Å²) in [5.74, 6) is 1.35. The molecule has 0 amide bonds. The molecular weight excluding hydrogens is 241 g/mol. The van der Waals surface area contributed by atoms with Gasteiger partial charge in [0.2, 0.25) is 0 Å². The molecule has 1 N–H and O–H groups in total. The summed E-state index contributed by atoms with van der Waals surface area (Å²) in [7, 11) is 0. The highest BCUT2D eigenvalue weighted by atomic mass is 35.5. The second-order valence-electron chi connectivity index (χ2n) is 4.47. The largest absolute Gasteiger partial charge is 0.316 e. The van der Waals surface area contributed by atoms with E-state index in [1.54, 1.807) is 0 Å². The van der Waals surface area contributed by atoms with E-state index in [0.29, 0.717) is 5.92 Å². The van der Waals surface area contributed by atoms with Crippen molar-refractivity contribution >= 4 is 23.2 Å². The van der Waals surface area contributed by atoms with Crippen molar-refractivity contribution < 1.29 is 0 Å². The van der Waals surface area contributed by atoms with Gasteiger partial charge >= 0.3 is 0 Å². The van der Waals surface area contributed by atoms with Crippen molar-refractivity contribution in [3.8, 4) is 0 Å². The summed E-state index contributed by atoms with van der Waals surface area (Å²) in [5.41, 5.74) is 1.22. The fourth-order valence-electron chi connectivity index (χ4n) is 2.12. The molecule has 1 fully saturated rings. The molecule has 1 aliphatic rings. The molecule has 3 heteroatoms. The highest BCUT2D eigenvalue weighted by molar-refractivity contribution is 6.33. The average Bonchev–Trinajstić information content (AvgIpc) is 3.02. The van der Waals surface area contributed by atoms with Crippen LogP contribution in [0.1, 0.15) is 31.2 Å². The fourth-order valence-corrected chi connectivity index (χ4v) is 2.56. The van der Waals surface area contributed by atoms with Gasteiger partial charge in [-0.2, -0.15) is 0 Å². The molecule has 2 rings (SSSR count). The Labute approximate surface area is 107 Å². The second-order valence-corrected chi connectivity index (χ2v) is 5.32. The lowest BCUT2D eigenvalue weighted by molar-refractivity contribution is 0.620. The van der Waals surface area contributed by atoms with E-state index in [-0.39, 0.29) is 0 Å². The smallest absolute Gasteiger partial charge is 0.0441 e. The zero-order valence-corrected chi connectivity index (χ0v) is 11.0. The minimum Gasteiger partial charge on any atom is -0.316 e. The highest BCUT2D eigenvalue weighted by Gasteiger charge is 2.38. The van der Waals surface area contributed by atoms with Crippen LogP contribution in [0.5, 0.6) is 0 Å². The monoisotopic (exact) mass is 257 g/mol. The Hall–Kier alpha value is -0.240. The molecule has 0 radical (unpaired) electrons. The van der Waals surface area contributed by atoms with E-state index in [1.807, 2.05) is 18.2 Å². The van der Waals surface area contributed by atoms with Gasteiger partial charge in [-0.3, -0.25) is 0 Å². The number of nitrogens with one attached hydrogen (secondary N) is 1. The van der Waals surface area contributed by atoms with Crippen LogP contribution in [-0.2, 0) is 0 Å². The van der Waals surface area contributed by atoms with E-state index < -0.39 is 0 Å². The first kappa shape index (κ1) is 12.2. The Morgan fingerprint density at radius 2 is 2.19 bits per heavy atom. The normalized spacial score (nSPS) is 23.4. The molecule has 2 atom stereocenters. The Morgan fingerprint density at radius 1 is 1.38 bits per heavy atom. The van der Waals surface area contributed by atoms with Crippen LogP contribution in [0.2, 0.25) is 10.0 Å². The van der Waals surface area contributed by atoms with Gasteiger partial charge in [0.1, 0.15) is 0 Å². The number of hydrogen-bond acceptors (Lipinski definition) is 1. The summed E-state index contributed by atoms with van der Waals surface area (Å²) in [6.45, 7) is 4.39. The van der Waals surface area contributed by atoms with Crippen molar-refractivity contribution in [2.24, 2.45) is 5.92 Å². The number of halogens is 2. The standard InChI is InChI=1S/C13H17Cl2N/c1-2-5-16-8-9-6-11(9)12-7-10(14)3-4-13(12)15/h3-4,7,9,11,16H,2,5-6,8H2,1H3. The molecule has 1 aromatic rings. The van der Waals surface area contributed by atoms with E-state index in [4.69, 9.17) is 23.2 Å². The lowest BCUT2D eigenvalue weighted by Gasteiger charge is -2.05. The third-order valence-electron chi connectivity index (χ3n) is 3.11. The highest BCUT2D eigenvalue weighted by Crippen LogP contribution is 2.49. The van der Waals surface area contributed by atoms with Crippen LogP contribution in [0.4, 0.5) is 0 Å². The van der Waals surface area contributed by atoms with Crippen LogP contribution in [0, 0.1) is 5.92 Å². The van der Waals surface area contributed by atoms with Crippen molar-refractivity contribution in [1.29, 1.82) is 0 Å². The SMILES string of the molecule is CCCNCC1CC1c1cc(Cl)ccc1Cl. The second kappa shape index (κ2) is 5.39. The summed E-state index contributed by atoms with van der Waals surface area (Å²) in [5, 5.41) is 5.09. The van der Waals surface area contributed by atoms with Crippen molar-refractivity contribution in [2.45, 2.75) is 25.7 Å². The van der Waals surface area contributed by atoms with Crippen molar-refractivity contribution in [1.82, 2.24) is 5.32 Å². The lowest BCUT2D eigenvalue weighted by Crippen LogP contribution is -2.17. The van der Waals surface area contributed by atoms with E-state index in [1.165, 1.54) is 18.4 Å². The summed E-state index contributed by atoms with van der Waals surface area (Å²) in [6, 6.07) is 5.75. The molecule has 1 aliphatic carbocycles. The summed E-state index contributed by atoms with van der Waals surface area (Å²) >= 11 is 12.2. The van der Waals surface area contributed by atoms with Crippen molar-refractivity contribution in [3.05, 3.63) is 33.8 Å². The van der Waals surface area contributed by atoms with E-state index in [2.05, 4.69) is 12.2 Å². The third kappa shape index (κ3) is 2.91. The first-order valence-electron chi connectivity index (χ1n) is 5.88. The third-order valence-corrected chi connectivity index (χ3v) is 3.69. The maximum Gasteiger partial charge on any atom is 0.0441 e. The molecule has 88 valence electrons. The summed E-state index contributed by atoms with van der Waals surface area (Å²) in [4.78, 5) is 0.